The molecule has 1 aromatic heterocycles. The van der Waals surface area contributed by atoms with Crippen molar-refractivity contribution in [3.63, 3.8) is 0 Å². The monoisotopic (exact) mass is 526 g/mol. The number of carbonyl (C=O) groups excluding carboxylic acids is 2. The van der Waals surface area contributed by atoms with Crippen LogP contribution >= 0.6 is 0 Å². The molecule has 0 aliphatic carbocycles. The molecule has 0 aliphatic heterocycles. The number of rotatable bonds is 12. The zero-order valence-corrected chi connectivity index (χ0v) is 23.3. The van der Waals surface area contributed by atoms with Crippen molar-refractivity contribution in [1.29, 1.82) is 0 Å². The lowest BCUT2D eigenvalue weighted by molar-refractivity contribution is -0.132. The first-order chi connectivity index (χ1) is 18.9. The highest BCUT2D eigenvalue weighted by Gasteiger charge is 2.23. The van der Waals surface area contributed by atoms with Crippen molar-refractivity contribution < 1.29 is 14.3 Å². The summed E-state index contributed by atoms with van der Waals surface area (Å²) in [6, 6.07) is 23.9. The summed E-state index contributed by atoms with van der Waals surface area (Å²) >= 11 is 0. The van der Waals surface area contributed by atoms with Gasteiger partial charge < -0.3 is 24.4 Å². The highest BCUT2D eigenvalue weighted by atomic mass is 16.5. The molecular formula is C32H38N4O3. The number of aromatic amines is 1. The Hall–Kier alpha value is -4.10. The second kappa shape index (κ2) is 13.1. The fraction of sp³-hybridized carbons (Fsp3) is 0.312. The van der Waals surface area contributed by atoms with E-state index in [2.05, 4.69) is 46.3 Å². The molecule has 7 nitrogen and oxygen atoms in total. The number of amides is 2. The minimum absolute atomic E-state index is 0.0137. The minimum atomic E-state index is -0.162. The predicted octanol–water partition coefficient (Wildman–Crippen LogP) is 4.90. The molecule has 0 atom stereocenters. The lowest BCUT2D eigenvalue weighted by atomic mass is 10.1. The van der Waals surface area contributed by atoms with Crippen LogP contribution in [0.2, 0.25) is 0 Å². The summed E-state index contributed by atoms with van der Waals surface area (Å²) in [6.07, 6.45) is 2.72. The third-order valence-corrected chi connectivity index (χ3v) is 7.06. The van der Waals surface area contributed by atoms with Gasteiger partial charge in [-0.3, -0.25) is 9.59 Å². The molecule has 0 spiro atoms. The first-order valence-corrected chi connectivity index (χ1v) is 13.3. The van der Waals surface area contributed by atoms with Crippen LogP contribution in [0.25, 0.3) is 10.9 Å². The molecule has 7 heteroatoms. The molecule has 3 aromatic carbocycles. The van der Waals surface area contributed by atoms with Gasteiger partial charge in [0.05, 0.1) is 6.61 Å². The first-order valence-electron chi connectivity index (χ1n) is 13.3. The van der Waals surface area contributed by atoms with Crippen molar-refractivity contribution >= 4 is 28.4 Å². The summed E-state index contributed by atoms with van der Waals surface area (Å²) in [5, 5.41) is 1.16. The Labute approximate surface area is 231 Å². The summed E-state index contributed by atoms with van der Waals surface area (Å²) in [5.74, 6) is -0.255. The van der Waals surface area contributed by atoms with E-state index in [1.807, 2.05) is 68.5 Å². The van der Waals surface area contributed by atoms with Gasteiger partial charge in [0.15, 0.2) is 0 Å². The molecule has 204 valence electrons. The van der Waals surface area contributed by atoms with Crippen LogP contribution in [0.15, 0.2) is 79.0 Å². The Morgan fingerprint density at radius 3 is 2.31 bits per heavy atom. The van der Waals surface area contributed by atoms with Crippen molar-refractivity contribution in [1.82, 2.24) is 14.8 Å². The van der Waals surface area contributed by atoms with Crippen molar-refractivity contribution in [2.75, 3.05) is 52.3 Å². The molecule has 0 radical (unpaired) electrons. The number of hydrogen-bond donors (Lipinski definition) is 1. The molecule has 39 heavy (non-hydrogen) atoms. The lowest BCUT2D eigenvalue weighted by Crippen LogP contribution is -2.44. The van der Waals surface area contributed by atoms with E-state index >= 15 is 0 Å². The highest BCUT2D eigenvalue weighted by Crippen LogP contribution is 2.20. The summed E-state index contributed by atoms with van der Waals surface area (Å²) in [4.78, 5) is 36.1. The number of anilines is 1. The van der Waals surface area contributed by atoms with Crippen molar-refractivity contribution in [3.8, 4) is 0 Å². The van der Waals surface area contributed by atoms with Crippen LogP contribution < -0.4 is 4.90 Å². The van der Waals surface area contributed by atoms with Crippen LogP contribution in [0.1, 0.15) is 27.0 Å². The number of nitrogens with zero attached hydrogens (tertiary/aromatic N) is 3. The van der Waals surface area contributed by atoms with Gasteiger partial charge in [0.2, 0.25) is 5.91 Å². The predicted molar refractivity (Wildman–Crippen MR) is 157 cm³/mol. The zero-order valence-electron chi connectivity index (χ0n) is 23.3. The zero-order chi connectivity index (χ0) is 27.8. The van der Waals surface area contributed by atoms with Crippen LogP contribution in [-0.4, -0.2) is 74.0 Å². The van der Waals surface area contributed by atoms with Gasteiger partial charge in [-0.25, -0.2) is 0 Å². The van der Waals surface area contributed by atoms with Crippen molar-refractivity contribution in [3.05, 3.63) is 101 Å². The third kappa shape index (κ3) is 7.06. The van der Waals surface area contributed by atoms with E-state index in [0.717, 1.165) is 27.7 Å². The SMILES string of the molecule is COCCN(CC(=O)N(CCc1c[nH]c2ccccc12)Cc1ccc(N(C)C)cc1)C(=O)c1ccccc1C. The molecule has 1 N–H and O–H groups in total. The number of aryl methyl sites for hydroxylation is 1. The Morgan fingerprint density at radius 1 is 0.872 bits per heavy atom. The number of para-hydroxylation sites is 1. The number of fused-ring (bicyclic) bond motifs is 1. The van der Waals surface area contributed by atoms with Crippen LogP contribution in [0.5, 0.6) is 0 Å². The second-order valence-corrected chi connectivity index (χ2v) is 10.0. The van der Waals surface area contributed by atoms with E-state index < -0.39 is 0 Å². The van der Waals surface area contributed by atoms with E-state index in [4.69, 9.17) is 4.74 Å². The van der Waals surface area contributed by atoms with Crippen LogP contribution in [0.3, 0.4) is 0 Å². The molecule has 0 saturated heterocycles. The molecule has 2 amide bonds. The van der Waals surface area contributed by atoms with Gasteiger partial charge in [-0.2, -0.15) is 0 Å². The maximum absolute atomic E-state index is 13.8. The molecule has 4 aromatic rings. The number of hydrogen-bond acceptors (Lipinski definition) is 4. The second-order valence-electron chi connectivity index (χ2n) is 10.0. The van der Waals surface area contributed by atoms with E-state index in [-0.39, 0.29) is 18.4 Å². The van der Waals surface area contributed by atoms with Gasteiger partial charge in [-0.05, 0) is 54.3 Å². The number of carbonyl (C=O) groups is 2. The number of benzene rings is 3. The normalized spacial score (nSPS) is 11.0. The number of ether oxygens (including phenoxy) is 1. The molecule has 0 bridgehead atoms. The minimum Gasteiger partial charge on any atom is -0.383 e. The van der Waals surface area contributed by atoms with Crippen LogP contribution in [0, 0.1) is 6.92 Å². The molecule has 1 heterocycles. The standard InChI is InChI=1S/C32H38N4O3/c1-24-9-5-6-10-28(24)32(38)36(19-20-39-4)23-31(37)35(22-25-13-15-27(16-14-25)34(2)3)18-17-26-21-33-30-12-8-7-11-29(26)30/h5-16,21,33H,17-20,22-23H2,1-4H3. The molecule has 0 aliphatic rings. The number of H-pyrrole nitrogens is 1. The smallest absolute Gasteiger partial charge is 0.254 e. The molecule has 4 rings (SSSR count). The van der Waals surface area contributed by atoms with E-state index in [0.29, 0.717) is 38.2 Å². The quantitative estimate of drug-likeness (QED) is 0.285. The van der Waals surface area contributed by atoms with E-state index in [1.165, 1.54) is 5.56 Å². The maximum Gasteiger partial charge on any atom is 0.254 e. The van der Waals surface area contributed by atoms with E-state index in [1.54, 1.807) is 12.0 Å². The van der Waals surface area contributed by atoms with Crippen molar-refractivity contribution in [2.24, 2.45) is 0 Å². The Morgan fingerprint density at radius 2 is 1.59 bits per heavy atom. The van der Waals surface area contributed by atoms with Gasteiger partial charge >= 0.3 is 0 Å². The highest BCUT2D eigenvalue weighted by molar-refractivity contribution is 5.97. The largest absolute Gasteiger partial charge is 0.383 e. The number of nitrogens with one attached hydrogen (secondary N) is 1. The van der Waals surface area contributed by atoms with Crippen LogP contribution in [0.4, 0.5) is 5.69 Å². The molecule has 0 saturated carbocycles. The van der Waals surface area contributed by atoms with Gasteiger partial charge in [0.1, 0.15) is 6.54 Å². The Balaban J connectivity index is 1.56. The third-order valence-electron chi connectivity index (χ3n) is 7.06. The number of aromatic nitrogens is 1. The molecule has 0 unspecified atom stereocenters. The molecular weight excluding hydrogens is 488 g/mol. The van der Waals surface area contributed by atoms with Gasteiger partial charge in [0, 0.05) is 69.2 Å². The fourth-order valence-electron chi connectivity index (χ4n) is 4.71. The van der Waals surface area contributed by atoms with E-state index in [9.17, 15) is 9.59 Å². The summed E-state index contributed by atoms with van der Waals surface area (Å²) in [5.41, 5.74) is 5.88. The fourth-order valence-corrected chi connectivity index (χ4v) is 4.71. The first kappa shape index (κ1) is 27.9. The lowest BCUT2D eigenvalue weighted by Gasteiger charge is -2.28. The van der Waals surface area contributed by atoms with Crippen LogP contribution in [-0.2, 0) is 22.5 Å². The summed E-state index contributed by atoms with van der Waals surface area (Å²) in [7, 11) is 5.61. The average Bonchev–Trinajstić information content (AvgIpc) is 3.36. The van der Waals surface area contributed by atoms with Gasteiger partial charge in [-0.1, -0.05) is 48.5 Å². The average molecular weight is 527 g/mol. The van der Waals surface area contributed by atoms with Gasteiger partial charge in [-0.15, -0.1) is 0 Å². The topological polar surface area (TPSA) is 68.9 Å². The van der Waals surface area contributed by atoms with Crippen molar-refractivity contribution in [2.45, 2.75) is 19.9 Å². The molecule has 0 fully saturated rings. The number of methoxy groups -OCH3 is 1. The maximum atomic E-state index is 13.8. The van der Waals surface area contributed by atoms with Gasteiger partial charge in [0.25, 0.3) is 5.91 Å². The summed E-state index contributed by atoms with van der Waals surface area (Å²) < 4.78 is 5.27. The Kier molecular flexibility index (Phi) is 9.39. The Bertz CT molecular complexity index is 1390. The summed E-state index contributed by atoms with van der Waals surface area (Å²) in [6.45, 7) is 3.59.